The molecular weight excluding hydrogens is 292 g/mol. The van der Waals surface area contributed by atoms with Crippen LogP contribution in [0.3, 0.4) is 0 Å². The molecule has 112 valence electrons. The molecule has 0 N–H and O–H groups in total. The number of sulfonamides is 1. The van der Waals surface area contributed by atoms with Crippen LogP contribution in [0.1, 0.15) is 5.89 Å². The maximum absolute atomic E-state index is 12.5. The molecule has 8 heteroatoms. The minimum Gasteiger partial charge on any atom is -0.408 e. The van der Waals surface area contributed by atoms with Crippen LogP contribution < -0.4 is 4.90 Å². The summed E-state index contributed by atoms with van der Waals surface area (Å²) in [6, 6.07) is 8.93. The molecule has 1 saturated heterocycles. The Labute approximate surface area is 123 Å². The van der Waals surface area contributed by atoms with Crippen molar-refractivity contribution in [2.24, 2.45) is 0 Å². The number of nitrogens with zero attached hydrogens (tertiary/aromatic N) is 4. The highest BCUT2D eigenvalue weighted by molar-refractivity contribution is 7.89. The van der Waals surface area contributed by atoms with E-state index >= 15 is 0 Å². The minimum absolute atomic E-state index is 0.326. The van der Waals surface area contributed by atoms with Crippen molar-refractivity contribution in [2.45, 2.75) is 11.8 Å². The van der Waals surface area contributed by atoms with E-state index in [1.165, 1.54) is 4.31 Å². The molecule has 0 spiro atoms. The third-order valence-electron chi connectivity index (χ3n) is 3.41. The van der Waals surface area contributed by atoms with Gasteiger partial charge in [0.25, 0.3) is 0 Å². The Balaban J connectivity index is 1.71. The number of aryl methyl sites for hydroxylation is 1. The molecule has 0 bridgehead atoms. The van der Waals surface area contributed by atoms with Crippen LogP contribution in [0.2, 0.25) is 0 Å². The van der Waals surface area contributed by atoms with Crippen LogP contribution in [0.25, 0.3) is 0 Å². The monoisotopic (exact) mass is 308 g/mol. The Kier molecular flexibility index (Phi) is 3.64. The Morgan fingerprint density at radius 2 is 1.71 bits per heavy atom. The molecule has 1 aliphatic rings. The number of anilines is 1. The number of hydrogen-bond donors (Lipinski definition) is 0. The van der Waals surface area contributed by atoms with Gasteiger partial charge in [-0.05, 0) is 12.1 Å². The van der Waals surface area contributed by atoms with Crippen molar-refractivity contribution in [3.63, 3.8) is 0 Å². The quantitative estimate of drug-likeness (QED) is 0.838. The van der Waals surface area contributed by atoms with Crippen molar-refractivity contribution >= 4 is 16.0 Å². The fourth-order valence-electron chi connectivity index (χ4n) is 2.28. The Bertz CT molecular complexity index is 706. The third kappa shape index (κ3) is 2.77. The van der Waals surface area contributed by atoms with Gasteiger partial charge >= 0.3 is 6.01 Å². The predicted octanol–water partition coefficient (Wildman–Crippen LogP) is 0.889. The Hall–Kier alpha value is -1.93. The van der Waals surface area contributed by atoms with E-state index in [-0.39, 0.29) is 0 Å². The van der Waals surface area contributed by atoms with Crippen molar-refractivity contribution in [3.8, 4) is 0 Å². The molecule has 1 aromatic carbocycles. The summed E-state index contributed by atoms with van der Waals surface area (Å²) >= 11 is 0. The zero-order valence-electron chi connectivity index (χ0n) is 11.6. The lowest BCUT2D eigenvalue weighted by Crippen LogP contribution is -2.48. The molecule has 1 fully saturated rings. The molecule has 2 heterocycles. The average Bonchev–Trinajstić information content (AvgIpc) is 2.95. The summed E-state index contributed by atoms with van der Waals surface area (Å²) in [6.07, 6.45) is 0. The van der Waals surface area contributed by atoms with E-state index in [0.717, 1.165) is 0 Å². The minimum atomic E-state index is -3.42. The van der Waals surface area contributed by atoms with Crippen molar-refractivity contribution in [2.75, 3.05) is 31.1 Å². The van der Waals surface area contributed by atoms with Gasteiger partial charge < -0.3 is 9.32 Å². The lowest BCUT2D eigenvalue weighted by molar-refractivity contribution is 0.370. The summed E-state index contributed by atoms with van der Waals surface area (Å²) in [5.41, 5.74) is 0. The van der Waals surface area contributed by atoms with E-state index in [2.05, 4.69) is 10.2 Å². The number of benzene rings is 1. The van der Waals surface area contributed by atoms with Crippen molar-refractivity contribution in [1.82, 2.24) is 14.5 Å². The van der Waals surface area contributed by atoms with Crippen molar-refractivity contribution in [1.29, 1.82) is 0 Å². The predicted molar refractivity (Wildman–Crippen MR) is 76.4 cm³/mol. The molecule has 1 aliphatic heterocycles. The molecular formula is C13H16N4O3S. The molecule has 21 heavy (non-hydrogen) atoms. The molecule has 1 aromatic heterocycles. The van der Waals surface area contributed by atoms with Gasteiger partial charge in [0.1, 0.15) is 0 Å². The summed E-state index contributed by atoms with van der Waals surface area (Å²) in [5, 5.41) is 7.74. The number of aromatic nitrogens is 2. The first-order chi connectivity index (χ1) is 10.1. The summed E-state index contributed by atoms with van der Waals surface area (Å²) < 4.78 is 31.8. The Morgan fingerprint density at radius 1 is 1.05 bits per heavy atom. The second-order valence-corrected chi connectivity index (χ2v) is 6.75. The van der Waals surface area contributed by atoms with Gasteiger partial charge in [0.2, 0.25) is 15.9 Å². The van der Waals surface area contributed by atoms with Crippen molar-refractivity contribution < 1.29 is 12.8 Å². The first-order valence-corrected chi connectivity index (χ1v) is 8.11. The zero-order valence-corrected chi connectivity index (χ0v) is 12.5. The highest BCUT2D eigenvalue weighted by atomic mass is 32.2. The maximum Gasteiger partial charge on any atom is 0.318 e. The molecule has 2 aromatic rings. The van der Waals surface area contributed by atoms with Gasteiger partial charge in [-0.25, -0.2) is 8.42 Å². The van der Waals surface area contributed by atoms with E-state index in [1.807, 2.05) is 4.90 Å². The van der Waals surface area contributed by atoms with Gasteiger partial charge in [-0.1, -0.05) is 23.3 Å². The van der Waals surface area contributed by atoms with Crippen LogP contribution in [-0.2, 0) is 10.0 Å². The van der Waals surface area contributed by atoms with E-state index in [4.69, 9.17) is 4.42 Å². The molecule has 0 aliphatic carbocycles. The molecule has 0 radical (unpaired) electrons. The summed E-state index contributed by atoms with van der Waals surface area (Å²) in [7, 11) is -3.42. The fourth-order valence-corrected chi connectivity index (χ4v) is 3.72. The maximum atomic E-state index is 12.5. The normalized spacial score (nSPS) is 17.1. The lowest BCUT2D eigenvalue weighted by Gasteiger charge is -2.32. The van der Waals surface area contributed by atoms with E-state index in [9.17, 15) is 8.42 Å². The summed E-state index contributed by atoms with van der Waals surface area (Å²) in [6.45, 7) is 3.60. The lowest BCUT2D eigenvalue weighted by atomic mass is 10.4. The second-order valence-electron chi connectivity index (χ2n) is 4.81. The van der Waals surface area contributed by atoms with Gasteiger partial charge in [0.05, 0.1) is 4.90 Å². The topological polar surface area (TPSA) is 79.5 Å². The summed E-state index contributed by atoms with van der Waals surface area (Å²) in [5.74, 6) is 0.504. The van der Waals surface area contributed by atoms with Crippen molar-refractivity contribution in [3.05, 3.63) is 36.2 Å². The van der Waals surface area contributed by atoms with E-state index < -0.39 is 10.0 Å². The molecule has 7 nitrogen and oxygen atoms in total. The van der Waals surface area contributed by atoms with E-state index in [1.54, 1.807) is 37.3 Å². The molecule has 0 unspecified atom stereocenters. The number of hydrogen-bond acceptors (Lipinski definition) is 6. The van der Waals surface area contributed by atoms with Gasteiger partial charge in [-0.2, -0.15) is 4.31 Å². The molecule has 0 amide bonds. The fraction of sp³-hybridized carbons (Fsp3) is 0.385. The molecule has 0 saturated carbocycles. The average molecular weight is 308 g/mol. The first-order valence-electron chi connectivity index (χ1n) is 6.67. The van der Waals surface area contributed by atoms with Gasteiger partial charge in [0.15, 0.2) is 0 Å². The summed E-state index contributed by atoms with van der Waals surface area (Å²) in [4.78, 5) is 2.23. The SMILES string of the molecule is Cc1nnc(N2CCN(S(=O)(=O)c3ccccc3)CC2)o1. The van der Waals surface area contributed by atoms with Crippen LogP contribution in [0.5, 0.6) is 0 Å². The van der Waals surface area contributed by atoms with Crippen LogP contribution in [0, 0.1) is 6.92 Å². The zero-order chi connectivity index (χ0) is 14.9. The number of piperazine rings is 1. The van der Waals surface area contributed by atoms with Crippen LogP contribution in [-0.4, -0.2) is 49.1 Å². The Morgan fingerprint density at radius 3 is 2.29 bits per heavy atom. The van der Waals surface area contributed by atoms with Gasteiger partial charge in [-0.15, -0.1) is 5.10 Å². The standard InChI is InChI=1S/C13H16N4O3S/c1-11-14-15-13(20-11)16-7-9-17(10-8-16)21(18,19)12-5-3-2-4-6-12/h2-6H,7-10H2,1H3. The van der Waals surface area contributed by atoms with Crippen LogP contribution >= 0.6 is 0 Å². The highest BCUT2D eigenvalue weighted by Crippen LogP contribution is 2.20. The van der Waals surface area contributed by atoms with Crippen LogP contribution in [0.15, 0.2) is 39.6 Å². The molecule has 0 atom stereocenters. The smallest absolute Gasteiger partial charge is 0.318 e. The van der Waals surface area contributed by atoms with Gasteiger partial charge in [-0.3, -0.25) is 0 Å². The second kappa shape index (κ2) is 5.45. The first kappa shape index (κ1) is 14.0. The van der Waals surface area contributed by atoms with Crippen LogP contribution in [0.4, 0.5) is 6.01 Å². The van der Waals surface area contributed by atoms with E-state index in [0.29, 0.717) is 43.0 Å². The highest BCUT2D eigenvalue weighted by Gasteiger charge is 2.29. The number of rotatable bonds is 3. The third-order valence-corrected chi connectivity index (χ3v) is 5.32. The largest absolute Gasteiger partial charge is 0.408 e. The van der Waals surface area contributed by atoms with Gasteiger partial charge in [0, 0.05) is 33.1 Å². The molecule has 3 rings (SSSR count).